The largest absolute Gasteiger partial charge is 0.550 e. The highest BCUT2D eigenvalue weighted by Crippen LogP contribution is 2.59. The van der Waals surface area contributed by atoms with E-state index in [1.165, 1.54) is 33.9 Å². The van der Waals surface area contributed by atoms with E-state index < -0.39 is 11.4 Å². The van der Waals surface area contributed by atoms with Gasteiger partial charge in [0.25, 0.3) is 0 Å². The molecule has 4 aliphatic carbocycles. The first kappa shape index (κ1) is 25.9. The molecule has 0 radical (unpaired) electrons. The van der Waals surface area contributed by atoms with Crippen molar-refractivity contribution in [1.29, 1.82) is 0 Å². The van der Waals surface area contributed by atoms with Gasteiger partial charge in [-0.2, -0.15) is 0 Å². The summed E-state index contributed by atoms with van der Waals surface area (Å²) >= 11 is 0. The number of benzene rings is 3. The van der Waals surface area contributed by atoms with Crippen LogP contribution in [0.3, 0.4) is 0 Å². The van der Waals surface area contributed by atoms with E-state index in [9.17, 15) is 9.90 Å². The van der Waals surface area contributed by atoms with Gasteiger partial charge >= 0.3 is 0 Å². The highest BCUT2D eigenvalue weighted by atomic mass is 32.2. The quantitative estimate of drug-likeness (QED) is 0.348. The third-order valence-corrected chi connectivity index (χ3v) is 10.1. The molecule has 0 atom stereocenters. The standard InChI is InChI=1S/C22H23OS.C11H16O2/c1-22(2,3)23-18-14-16-21(17-15-18)24(19-10-6-4-7-11-19)20-12-8-5-9-13-20;12-10(13)11-4-7-1-8(5-11)3-9(2-7)6-11/h4-17H,1-3H3;7-9H,1-6H2,(H,12,13)/q+1;/p-1. The zero-order chi connectivity index (χ0) is 26.0. The molecule has 3 aromatic carbocycles. The maximum Gasteiger partial charge on any atom is 0.166 e. The van der Waals surface area contributed by atoms with Crippen LogP contribution in [0, 0.1) is 23.2 Å². The molecule has 0 unspecified atom stereocenters. The molecule has 0 amide bonds. The summed E-state index contributed by atoms with van der Waals surface area (Å²) in [5.41, 5.74) is -0.573. The molecule has 0 aliphatic heterocycles. The van der Waals surface area contributed by atoms with Gasteiger partial charge in [-0.3, -0.25) is 0 Å². The van der Waals surface area contributed by atoms with Gasteiger partial charge in [-0.1, -0.05) is 36.4 Å². The molecule has 3 nitrogen and oxygen atoms in total. The number of carbonyl (C=O) groups excluding carboxylic acids is 1. The van der Waals surface area contributed by atoms with Crippen molar-refractivity contribution >= 4 is 16.9 Å². The number of hydrogen-bond donors (Lipinski definition) is 0. The summed E-state index contributed by atoms with van der Waals surface area (Å²) in [4.78, 5) is 15.1. The Bertz CT molecular complexity index is 1110. The molecule has 4 aliphatic rings. The molecule has 37 heavy (non-hydrogen) atoms. The lowest BCUT2D eigenvalue weighted by Crippen LogP contribution is -2.54. The van der Waals surface area contributed by atoms with Crippen molar-refractivity contribution in [2.45, 2.75) is 79.6 Å². The second-order valence-electron chi connectivity index (χ2n) is 12.1. The minimum Gasteiger partial charge on any atom is -0.550 e. The SMILES string of the molecule is CC(C)(C)Oc1ccc([S+](c2ccccc2)c2ccccc2)cc1.O=C([O-])C12CC3CC(CC(C3)C1)C2. The number of aliphatic carboxylic acids is 1. The van der Waals surface area contributed by atoms with Crippen molar-refractivity contribution in [3.8, 4) is 5.75 Å². The Morgan fingerprint density at radius 2 is 1.14 bits per heavy atom. The molecule has 0 N–H and O–H groups in total. The summed E-state index contributed by atoms with van der Waals surface area (Å²) in [6.45, 7) is 6.21. The van der Waals surface area contributed by atoms with Gasteiger partial charge in [0.15, 0.2) is 14.7 Å². The summed E-state index contributed by atoms with van der Waals surface area (Å²) in [6.07, 6.45) is 6.65. The van der Waals surface area contributed by atoms with Gasteiger partial charge in [0, 0.05) is 11.4 Å². The van der Waals surface area contributed by atoms with Crippen molar-refractivity contribution in [2.75, 3.05) is 0 Å². The minimum atomic E-state index is -0.758. The second-order valence-corrected chi connectivity index (χ2v) is 14.1. The predicted molar refractivity (Wildman–Crippen MR) is 147 cm³/mol. The van der Waals surface area contributed by atoms with Crippen LogP contribution in [0.4, 0.5) is 0 Å². The maximum atomic E-state index is 11.1. The average Bonchev–Trinajstić information content (AvgIpc) is 2.85. The van der Waals surface area contributed by atoms with E-state index in [1.54, 1.807) is 0 Å². The molecule has 7 rings (SSSR count). The Morgan fingerprint density at radius 3 is 1.51 bits per heavy atom. The topological polar surface area (TPSA) is 49.4 Å². The van der Waals surface area contributed by atoms with Gasteiger partial charge in [0.05, 0.1) is 10.9 Å². The minimum absolute atomic E-state index is 0.102. The highest BCUT2D eigenvalue weighted by Gasteiger charge is 2.51. The van der Waals surface area contributed by atoms with Gasteiger partial charge in [-0.15, -0.1) is 0 Å². The van der Waals surface area contributed by atoms with E-state index in [1.807, 2.05) is 0 Å². The Labute approximate surface area is 224 Å². The van der Waals surface area contributed by atoms with Gasteiger partial charge in [-0.05, 0) is 126 Å². The molecule has 4 fully saturated rings. The first-order valence-corrected chi connectivity index (χ1v) is 14.8. The molecule has 0 saturated heterocycles. The van der Waals surface area contributed by atoms with E-state index in [4.69, 9.17) is 4.74 Å². The summed E-state index contributed by atoms with van der Waals surface area (Å²) < 4.78 is 5.95. The number of carboxylic acids is 1. The zero-order valence-electron chi connectivity index (χ0n) is 22.2. The smallest absolute Gasteiger partial charge is 0.166 e. The Morgan fingerprint density at radius 1 is 0.730 bits per heavy atom. The van der Waals surface area contributed by atoms with Crippen LogP contribution in [0.5, 0.6) is 5.75 Å². The highest BCUT2D eigenvalue weighted by molar-refractivity contribution is 7.97. The normalized spacial score (nSPS) is 25.9. The lowest BCUT2D eigenvalue weighted by Gasteiger charge is -2.57. The summed E-state index contributed by atoms with van der Waals surface area (Å²) in [5, 5.41) is 11.1. The van der Waals surface area contributed by atoms with Crippen LogP contribution in [0.1, 0.15) is 59.3 Å². The maximum absolute atomic E-state index is 11.1. The third-order valence-electron chi connectivity index (χ3n) is 7.91. The second kappa shape index (κ2) is 10.6. The molecule has 0 spiro atoms. The van der Waals surface area contributed by atoms with Crippen molar-refractivity contribution < 1.29 is 14.6 Å². The number of ether oxygens (including phenoxy) is 1. The first-order chi connectivity index (χ1) is 17.7. The van der Waals surface area contributed by atoms with Gasteiger partial charge in [0.2, 0.25) is 0 Å². The zero-order valence-corrected chi connectivity index (χ0v) is 23.0. The van der Waals surface area contributed by atoms with Crippen LogP contribution in [0.2, 0.25) is 0 Å². The van der Waals surface area contributed by atoms with Crippen LogP contribution in [-0.2, 0) is 15.7 Å². The first-order valence-electron chi connectivity index (χ1n) is 13.6. The molecule has 4 bridgehead atoms. The molecule has 4 saturated carbocycles. The molecule has 0 heterocycles. The molecule has 0 aromatic heterocycles. The van der Waals surface area contributed by atoms with Crippen LogP contribution in [0.15, 0.2) is 99.6 Å². The summed E-state index contributed by atoms with van der Waals surface area (Å²) in [7, 11) is -0.102. The lowest BCUT2D eigenvalue weighted by atomic mass is 9.49. The Balaban J connectivity index is 0.000000179. The monoisotopic (exact) mass is 514 g/mol. The van der Waals surface area contributed by atoms with Crippen LogP contribution < -0.4 is 9.84 Å². The number of hydrogen-bond acceptors (Lipinski definition) is 3. The van der Waals surface area contributed by atoms with Crippen molar-refractivity contribution in [1.82, 2.24) is 0 Å². The van der Waals surface area contributed by atoms with E-state index in [-0.39, 0.29) is 16.5 Å². The number of rotatable bonds is 5. The van der Waals surface area contributed by atoms with E-state index >= 15 is 0 Å². The predicted octanol–water partition coefficient (Wildman–Crippen LogP) is 6.91. The van der Waals surface area contributed by atoms with Crippen molar-refractivity contribution in [3.05, 3.63) is 84.9 Å². The molecule has 3 aromatic rings. The average molecular weight is 515 g/mol. The van der Waals surface area contributed by atoms with Crippen molar-refractivity contribution in [2.24, 2.45) is 23.2 Å². The fourth-order valence-electron chi connectivity index (χ4n) is 6.88. The molecule has 194 valence electrons. The fraction of sp³-hybridized carbons (Fsp3) is 0.424. The molecular formula is C33H38O3S. The summed E-state index contributed by atoms with van der Waals surface area (Å²) in [6, 6.07) is 29.9. The van der Waals surface area contributed by atoms with E-state index in [2.05, 4.69) is 106 Å². The van der Waals surface area contributed by atoms with Gasteiger partial charge in [-0.25, -0.2) is 0 Å². The Kier molecular flexibility index (Phi) is 7.40. The lowest BCUT2D eigenvalue weighted by molar-refractivity contribution is -0.327. The number of carbonyl (C=O) groups is 1. The van der Waals surface area contributed by atoms with Crippen molar-refractivity contribution in [3.63, 3.8) is 0 Å². The Hall–Kier alpha value is -2.72. The van der Waals surface area contributed by atoms with Gasteiger partial charge < -0.3 is 14.6 Å². The van der Waals surface area contributed by atoms with Crippen LogP contribution in [-0.4, -0.2) is 11.6 Å². The molecule has 4 heteroatoms. The summed E-state index contributed by atoms with van der Waals surface area (Å²) in [5.74, 6) is 2.29. The van der Waals surface area contributed by atoms with Gasteiger partial charge in [0.1, 0.15) is 11.4 Å². The van der Waals surface area contributed by atoms with E-state index in [0.717, 1.165) is 25.0 Å². The van der Waals surface area contributed by atoms with Crippen LogP contribution in [0.25, 0.3) is 0 Å². The van der Waals surface area contributed by atoms with Crippen LogP contribution >= 0.6 is 0 Å². The molecular weight excluding hydrogens is 476 g/mol. The fourth-order valence-corrected chi connectivity index (χ4v) is 8.96. The number of carboxylic acid groups (broad SMARTS) is 1. The third kappa shape index (κ3) is 6.06. The van der Waals surface area contributed by atoms with E-state index in [0.29, 0.717) is 17.8 Å².